The molecule has 1 aliphatic rings. The number of fused-ring (bicyclic) bond motifs is 1. The zero-order valence-electron chi connectivity index (χ0n) is 12.0. The Kier molecular flexibility index (Phi) is 4.22. The maximum Gasteiger partial charge on any atom is 0.242 e. The maximum absolute atomic E-state index is 13.1. The van der Waals surface area contributed by atoms with E-state index in [1.807, 2.05) is 12.1 Å². The van der Waals surface area contributed by atoms with E-state index in [-0.39, 0.29) is 10.8 Å². The topological polar surface area (TPSA) is 59.1 Å². The molecule has 1 aromatic heterocycles. The molecule has 0 saturated heterocycles. The molecule has 116 valence electrons. The summed E-state index contributed by atoms with van der Waals surface area (Å²) in [5.74, 6) is -0.507. The van der Waals surface area contributed by atoms with Gasteiger partial charge in [-0.25, -0.2) is 17.5 Å². The lowest BCUT2D eigenvalue weighted by Gasteiger charge is -2.25. The molecule has 1 aromatic carbocycles. The predicted molar refractivity (Wildman–Crippen MR) is 81.5 cm³/mol. The summed E-state index contributed by atoms with van der Waals surface area (Å²) >= 11 is 0. The molecule has 2 aromatic rings. The van der Waals surface area contributed by atoms with Gasteiger partial charge in [-0.1, -0.05) is 24.3 Å². The van der Waals surface area contributed by atoms with Crippen LogP contribution in [0.5, 0.6) is 0 Å². The Morgan fingerprint density at radius 3 is 2.91 bits per heavy atom. The Balaban J connectivity index is 1.76. The zero-order chi connectivity index (χ0) is 15.6. The van der Waals surface area contributed by atoms with Crippen LogP contribution in [0.4, 0.5) is 4.39 Å². The van der Waals surface area contributed by atoms with E-state index in [2.05, 4.69) is 21.8 Å². The highest BCUT2D eigenvalue weighted by Crippen LogP contribution is 2.31. The number of benzene rings is 1. The lowest BCUT2D eigenvalue weighted by molar-refractivity contribution is 0.528. The fourth-order valence-electron chi connectivity index (χ4n) is 2.90. The number of aromatic nitrogens is 1. The molecule has 0 amide bonds. The maximum atomic E-state index is 13.1. The molecule has 0 saturated carbocycles. The van der Waals surface area contributed by atoms with Crippen molar-refractivity contribution in [3.8, 4) is 0 Å². The lowest BCUT2D eigenvalue weighted by Crippen LogP contribution is -2.30. The second-order valence-electron chi connectivity index (χ2n) is 5.48. The number of sulfonamides is 1. The van der Waals surface area contributed by atoms with E-state index in [9.17, 15) is 12.8 Å². The summed E-state index contributed by atoms with van der Waals surface area (Å²) in [5, 5.41) is 0. The van der Waals surface area contributed by atoms with Gasteiger partial charge in [0.1, 0.15) is 10.7 Å². The first-order chi connectivity index (χ1) is 10.6. The van der Waals surface area contributed by atoms with Gasteiger partial charge in [-0.2, -0.15) is 0 Å². The third-order valence-corrected chi connectivity index (χ3v) is 5.39. The number of halogens is 1. The third kappa shape index (κ3) is 3.18. The fourth-order valence-corrected chi connectivity index (χ4v) is 3.95. The van der Waals surface area contributed by atoms with Gasteiger partial charge in [0.15, 0.2) is 0 Å². The predicted octanol–water partition coefficient (Wildman–Crippen LogP) is 2.62. The lowest BCUT2D eigenvalue weighted by atomic mass is 9.83. The molecule has 1 N–H and O–H groups in total. The van der Waals surface area contributed by atoms with E-state index in [0.29, 0.717) is 6.54 Å². The molecule has 0 bridgehead atoms. The highest BCUT2D eigenvalue weighted by molar-refractivity contribution is 7.89. The fraction of sp³-hybridized carbons (Fsp3) is 0.312. The monoisotopic (exact) mass is 320 g/mol. The molecule has 0 spiro atoms. The Hall–Kier alpha value is -1.79. The van der Waals surface area contributed by atoms with Gasteiger partial charge in [0.25, 0.3) is 0 Å². The summed E-state index contributed by atoms with van der Waals surface area (Å²) in [7, 11) is -3.74. The molecule has 1 atom stereocenters. The summed E-state index contributed by atoms with van der Waals surface area (Å²) in [6.07, 6.45) is 5.16. The van der Waals surface area contributed by atoms with E-state index >= 15 is 0 Å². The Bertz CT molecular complexity index is 777. The van der Waals surface area contributed by atoms with Gasteiger partial charge in [0.2, 0.25) is 10.0 Å². The van der Waals surface area contributed by atoms with Crippen molar-refractivity contribution in [2.75, 3.05) is 6.54 Å². The molecular weight excluding hydrogens is 303 g/mol. The number of nitrogens with one attached hydrogen (secondary N) is 1. The number of pyridine rings is 1. The Morgan fingerprint density at radius 2 is 2.09 bits per heavy atom. The van der Waals surface area contributed by atoms with Crippen molar-refractivity contribution in [1.29, 1.82) is 0 Å². The van der Waals surface area contributed by atoms with Crippen LogP contribution in [0.3, 0.4) is 0 Å². The first-order valence-electron chi connectivity index (χ1n) is 7.24. The van der Waals surface area contributed by atoms with Crippen molar-refractivity contribution in [3.05, 3.63) is 59.7 Å². The minimum atomic E-state index is -3.74. The number of nitrogens with zero attached hydrogens (tertiary/aromatic N) is 1. The van der Waals surface area contributed by atoms with Gasteiger partial charge in [0, 0.05) is 12.7 Å². The molecule has 6 heteroatoms. The summed E-state index contributed by atoms with van der Waals surface area (Å²) in [4.78, 5) is 3.45. The SMILES string of the molecule is O=S(=O)(NCC1CCCc2ccccc21)c1cncc(F)c1. The minimum Gasteiger partial charge on any atom is -0.260 e. The molecule has 0 radical (unpaired) electrons. The van der Waals surface area contributed by atoms with Crippen LogP contribution in [0.1, 0.15) is 29.9 Å². The highest BCUT2D eigenvalue weighted by atomic mass is 32.2. The normalized spacial score (nSPS) is 18.0. The number of hydrogen-bond acceptors (Lipinski definition) is 3. The summed E-state index contributed by atoms with van der Waals surface area (Å²) in [6.45, 7) is 0.315. The average Bonchev–Trinajstić information content (AvgIpc) is 2.53. The molecule has 1 aliphatic carbocycles. The van der Waals surface area contributed by atoms with Crippen molar-refractivity contribution in [3.63, 3.8) is 0 Å². The smallest absolute Gasteiger partial charge is 0.242 e. The number of rotatable bonds is 4. The Labute approximate surface area is 129 Å². The first kappa shape index (κ1) is 15.1. The Morgan fingerprint density at radius 1 is 1.27 bits per heavy atom. The third-order valence-electron chi connectivity index (χ3n) is 4.00. The van der Waals surface area contributed by atoms with Crippen LogP contribution in [0.25, 0.3) is 0 Å². The molecule has 1 heterocycles. The van der Waals surface area contributed by atoms with E-state index in [1.54, 1.807) is 0 Å². The van der Waals surface area contributed by atoms with Crippen LogP contribution < -0.4 is 4.72 Å². The van der Waals surface area contributed by atoms with Gasteiger partial charge in [-0.05, 0) is 42.4 Å². The number of hydrogen-bond donors (Lipinski definition) is 1. The van der Waals surface area contributed by atoms with Crippen molar-refractivity contribution in [1.82, 2.24) is 9.71 Å². The van der Waals surface area contributed by atoms with Crippen molar-refractivity contribution < 1.29 is 12.8 Å². The van der Waals surface area contributed by atoms with Gasteiger partial charge in [-0.3, -0.25) is 4.98 Å². The van der Waals surface area contributed by atoms with Crippen LogP contribution in [0.2, 0.25) is 0 Å². The number of aryl methyl sites for hydroxylation is 1. The van der Waals surface area contributed by atoms with Gasteiger partial charge < -0.3 is 0 Å². The van der Waals surface area contributed by atoms with Gasteiger partial charge in [0.05, 0.1) is 6.20 Å². The van der Waals surface area contributed by atoms with Crippen LogP contribution in [0, 0.1) is 5.82 Å². The van der Waals surface area contributed by atoms with E-state index in [1.165, 1.54) is 11.1 Å². The second kappa shape index (κ2) is 6.14. The van der Waals surface area contributed by atoms with Crippen LogP contribution in [-0.4, -0.2) is 19.9 Å². The first-order valence-corrected chi connectivity index (χ1v) is 8.72. The molecule has 0 aliphatic heterocycles. The second-order valence-corrected chi connectivity index (χ2v) is 7.25. The van der Waals surface area contributed by atoms with E-state index in [0.717, 1.165) is 37.7 Å². The van der Waals surface area contributed by atoms with Crippen molar-refractivity contribution >= 4 is 10.0 Å². The standard InChI is InChI=1S/C16H17FN2O2S/c17-14-8-15(11-18-10-14)22(20,21)19-9-13-6-3-5-12-4-1-2-7-16(12)13/h1-2,4,7-8,10-11,13,19H,3,5-6,9H2. The molecule has 4 nitrogen and oxygen atoms in total. The van der Waals surface area contributed by atoms with Crippen LogP contribution in [0.15, 0.2) is 47.6 Å². The quantitative estimate of drug-likeness (QED) is 0.942. The average molecular weight is 320 g/mol. The van der Waals surface area contributed by atoms with Crippen molar-refractivity contribution in [2.45, 2.75) is 30.1 Å². The van der Waals surface area contributed by atoms with Crippen LogP contribution >= 0.6 is 0 Å². The van der Waals surface area contributed by atoms with E-state index in [4.69, 9.17) is 0 Å². The summed E-state index contributed by atoms with van der Waals surface area (Å²) in [5.41, 5.74) is 2.49. The van der Waals surface area contributed by atoms with Crippen molar-refractivity contribution in [2.24, 2.45) is 0 Å². The zero-order valence-corrected chi connectivity index (χ0v) is 12.8. The minimum absolute atomic E-state index is 0.142. The molecule has 1 unspecified atom stereocenters. The van der Waals surface area contributed by atoms with Crippen LogP contribution in [-0.2, 0) is 16.4 Å². The van der Waals surface area contributed by atoms with Gasteiger partial charge in [-0.15, -0.1) is 0 Å². The summed E-state index contributed by atoms with van der Waals surface area (Å²) in [6, 6.07) is 9.10. The largest absolute Gasteiger partial charge is 0.260 e. The molecule has 3 rings (SSSR count). The molecular formula is C16H17FN2O2S. The highest BCUT2D eigenvalue weighted by Gasteiger charge is 2.22. The van der Waals surface area contributed by atoms with Gasteiger partial charge >= 0.3 is 0 Å². The molecule has 22 heavy (non-hydrogen) atoms. The summed E-state index contributed by atoms with van der Waals surface area (Å²) < 4.78 is 40.2. The molecule has 0 fully saturated rings. The van der Waals surface area contributed by atoms with E-state index < -0.39 is 15.8 Å².